The molecule has 2 atom stereocenters. The molecule has 2 aromatic heterocycles. The van der Waals surface area contributed by atoms with E-state index in [1.54, 1.807) is 0 Å². The number of nitrogens with one attached hydrogen (secondary N) is 1. The van der Waals surface area contributed by atoms with Crippen molar-refractivity contribution in [2.75, 3.05) is 49.1 Å². The fourth-order valence-electron chi connectivity index (χ4n) is 4.87. The van der Waals surface area contributed by atoms with E-state index in [1.807, 2.05) is 11.3 Å². The first kappa shape index (κ1) is 16.8. The maximum atomic E-state index is 5.03. The van der Waals surface area contributed by atoms with Gasteiger partial charge in [0.25, 0.3) is 0 Å². The van der Waals surface area contributed by atoms with Crippen LogP contribution in [0.1, 0.15) is 11.3 Å². The number of anilines is 2. The van der Waals surface area contributed by atoms with Gasteiger partial charge in [0.1, 0.15) is 0 Å². The maximum Gasteiger partial charge on any atom is 0.0841 e. The number of rotatable bonds is 3. The van der Waals surface area contributed by atoms with Crippen molar-refractivity contribution in [3.8, 4) is 11.3 Å². The van der Waals surface area contributed by atoms with E-state index in [-0.39, 0.29) is 0 Å². The first-order valence-corrected chi connectivity index (χ1v) is 11.3. The largest absolute Gasteiger partial charge is 0.370 e. The highest BCUT2D eigenvalue weighted by Crippen LogP contribution is 2.48. The summed E-state index contributed by atoms with van der Waals surface area (Å²) in [6, 6.07) is 13.6. The van der Waals surface area contributed by atoms with Gasteiger partial charge in [-0.05, 0) is 49.4 Å². The van der Waals surface area contributed by atoms with Crippen LogP contribution in [0.4, 0.5) is 11.4 Å². The summed E-state index contributed by atoms with van der Waals surface area (Å²) in [5, 5.41) is 3.42. The van der Waals surface area contributed by atoms with Crippen LogP contribution in [0.3, 0.4) is 0 Å². The highest BCUT2D eigenvalue weighted by atomic mass is 32.1. The van der Waals surface area contributed by atoms with E-state index in [2.05, 4.69) is 58.4 Å². The highest BCUT2D eigenvalue weighted by molar-refractivity contribution is 7.19. The van der Waals surface area contributed by atoms with Gasteiger partial charge in [-0.15, -0.1) is 11.3 Å². The SMILES string of the molecule is Cc1cc2nc(-c3ccc(N4CCNCC4)cc3)cc(N3CC4CC4C3)c2s1. The molecule has 3 fully saturated rings. The van der Waals surface area contributed by atoms with Crippen molar-refractivity contribution < 1.29 is 0 Å². The lowest BCUT2D eigenvalue weighted by molar-refractivity contribution is 0.589. The number of pyridine rings is 1. The number of nitrogens with zero attached hydrogens (tertiary/aromatic N) is 3. The van der Waals surface area contributed by atoms with Gasteiger partial charge in [0.2, 0.25) is 0 Å². The van der Waals surface area contributed by atoms with Crippen LogP contribution in [0.15, 0.2) is 36.4 Å². The summed E-state index contributed by atoms with van der Waals surface area (Å²) in [6.07, 6.45) is 1.44. The molecule has 4 nitrogen and oxygen atoms in total. The zero-order valence-corrected chi connectivity index (χ0v) is 17.1. The number of piperazine rings is 1. The Morgan fingerprint density at radius 1 is 1.00 bits per heavy atom. The lowest BCUT2D eigenvalue weighted by Gasteiger charge is -2.29. The van der Waals surface area contributed by atoms with Gasteiger partial charge in [0.15, 0.2) is 0 Å². The molecule has 1 aliphatic carbocycles. The van der Waals surface area contributed by atoms with Gasteiger partial charge in [-0.2, -0.15) is 0 Å². The summed E-state index contributed by atoms with van der Waals surface area (Å²) in [5.41, 5.74) is 6.19. The second-order valence-electron chi connectivity index (χ2n) is 8.54. The average Bonchev–Trinajstić information content (AvgIpc) is 3.15. The van der Waals surface area contributed by atoms with Crippen LogP contribution < -0.4 is 15.1 Å². The number of hydrogen-bond acceptors (Lipinski definition) is 5. The predicted octanol–water partition coefficient (Wildman–Crippen LogP) is 4.14. The zero-order chi connectivity index (χ0) is 18.7. The number of benzene rings is 1. The number of fused-ring (bicyclic) bond motifs is 2. The minimum atomic E-state index is 0.936. The molecule has 0 radical (unpaired) electrons. The van der Waals surface area contributed by atoms with Crippen LogP contribution >= 0.6 is 11.3 Å². The molecule has 2 aliphatic heterocycles. The van der Waals surface area contributed by atoms with Gasteiger partial charge in [0.05, 0.1) is 21.6 Å². The Kier molecular flexibility index (Phi) is 3.88. The Morgan fingerprint density at radius 2 is 1.75 bits per heavy atom. The number of piperidine rings is 1. The van der Waals surface area contributed by atoms with E-state index < -0.39 is 0 Å². The molecule has 144 valence electrons. The molecule has 2 unspecified atom stereocenters. The number of aryl methyl sites for hydroxylation is 1. The Bertz CT molecular complexity index is 1010. The van der Waals surface area contributed by atoms with Crippen molar-refractivity contribution in [1.29, 1.82) is 0 Å². The quantitative estimate of drug-likeness (QED) is 0.728. The van der Waals surface area contributed by atoms with E-state index >= 15 is 0 Å². The standard InChI is InChI=1S/C23H26N4S/c1-15-10-21-23(28-15)22(27-13-17-11-18(17)14-27)12-20(25-21)16-2-4-19(5-3-16)26-8-6-24-7-9-26/h2-5,10,12,17-18,24H,6-9,11,13-14H2,1H3. The summed E-state index contributed by atoms with van der Waals surface area (Å²) < 4.78 is 1.36. The van der Waals surface area contributed by atoms with E-state index in [9.17, 15) is 0 Å². The smallest absolute Gasteiger partial charge is 0.0841 e. The molecule has 3 aromatic rings. The molecule has 0 bridgehead atoms. The van der Waals surface area contributed by atoms with Gasteiger partial charge < -0.3 is 15.1 Å². The molecule has 0 amide bonds. The molecule has 1 saturated carbocycles. The van der Waals surface area contributed by atoms with E-state index in [0.29, 0.717) is 0 Å². The van der Waals surface area contributed by atoms with Crippen molar-refractivity contribution in [2.45, 2.75) is 13.3 Å². The lowest BCUT2D eigenvalue weighted by Crippen LogP contribution is -2.43. The summed E-state index contributed by atoms with van der Waals surface area (Å²) >= 11 is 1.89. The summed E-state index contributed by atoms with van der Waals surface area (Å²) in [7, 11) is 0. The monoisotopic (exact) mass is 390 g/mol. The van der Waals surface area contributed by atoms with Crippen LogP contribution in [0.2, 0.25) is 0 Å². The van der Waals surface area contributed by atoms with Crippen LogP contribution in [-0.2, 0) is 0 Å². The number of thiophene rings is 1. The van der Waals surface area contributed by atoms with Crippen LogP contribution in [-0.4, -0.2) is 44.3 Å². The molecule has 6 rings (SSSR count). The maximum absolute atomic E-state index is 5.03. The van der Waals surface area contributed by atoms with Gasteiger partial charge >= 0.3 is 0 Å². The fourth-order valence-corrected chi connectivity index (χ4v) is 5.86. The Hall–Kier alpha value is -2.11. The average molecular weight is 391 g/mol. The van der Waals surface area contributed by atoms with Crippen molar-refractivity contribution >= 4 is 32.9 Å². The Balaban J connectivity index is 1.37. The van der Waals surface area contributed by atoms with Crippen molar-refractivity contribution in [3.05, 3.63) is 41.3 Å². The van der Waals surface area contributed by atoms with E-state index in [1.165, 1.54) is 46.0 Å². The third-order valence-electron chi connectivity index (χ3n) is 6.55. The summed E-state index contributed by atoms with van der Waals surface area (Å²) in [5.74, 6) is 1.87. The molecule has 5 heteroatoms. The van der Waals surface area contributed by atoms with Gasteiger partial charge in [0, 0.05) is 55.4 Å². The third kappa shape index (κ3) is 2.88. The molecule has 2 saturated heterocycles. The molecular weight excluding hydrogens is 364 g/mol. The predicted molar refractivity (Wildman–Crippen MR) is 119 cm³/mol. The molecule has 1 aromatic carbocycles. The van der Waals surface area contributed by atoms with Crippen molar-refractivity contribution in [1.82, 2.24) is 10.3 Å². The Labute approximate surface area is 170 Å². The van der Waals surface area contributed by atoms with Crippen LogP contribution in [0.5, 0.6) is 0 Å². The van der Waals surface area contributed by atoms with E-state index in [4.69, 9.17) is 4.98 Å². The van der Waals surface area contributed by atoms with E-state index in [0.717, 1.165) is 49.2 Å². The van der Waals surface area contributed by atoms with Crippen molar-refractivity contribution in [2.24, 2.45) is 11.8 Å². The lowest BCUT2D eigenvalue weighted by atomic mass is 10.1. The number of aromatic nitrogens is 1. The fraction of sp³-hybridized carbons (Fsp3) is 0.435. The molecule has 28 heavy (non-hydrogen) atoms. The molecule has 3 aliphatic rings. The summed E-state index contributed by atoms with van der Waals surface area (Å²) in [6.45, 7) is 8.94. The van der Waals surface area contributed by atoms with Crippen LogP contribution in [0, 0.1) is 18.8 Å². The van der Waals surface area contributed by atoms with Gasteiger partial charge in [-0.1, -0.05) is 12.1 Å². The number of hydrogen-bond donors (Lipinski definition) is 1. The van der Waals surface area contributed by atoms with Gasteiger partial charge in [-0.25, -0.2) is 4.98 Å². The first-order valence-electron chi connectivity index (χ1n) is 10.5. The molecule has 1 N–H and O–H groups in total. The highest BCUT2D eigenvalue weighted by Gasteiger charge is 2.45. The minimum absolute atomic E-state index is 0.936. The Morgan fingerprint density at radius 3 is 2.50 bits per heavy atom. The van der Waals surface area contributed by atoms with Gasteiger partial charge in [-0.3, -0.25) is 0 Å². The zero-order valence-electron chi connectivity index (χ0n) is 16.3. The molecule has 0 spiro atoms. The van der Waals surface area contributed by atoms with Crippen molar-refractivity contribution in [3.63, 3.8) is 0 Å². The second-order valence-corrected chi connectivity index (χ2v) is 9.80. The molecule has 4 heterocycles. The normalized spacial score (nSPS) is 24.0. The minimum Gasteiger partial charge on any atom is -0.370 e. The third-order valence-corrected chi connectivity index (χ3v) is 7.61. The molecular formula is C23H26N4S. The second kappa shape index (κ2) is 6.46. The summed E-state index contributed by atoms with van der Waals surface area (Å²) in [4.78, 5) is 11.4. The first-order chi connectivity index (χ1) is 13.7. The van der Waals surface area contributed by atoms with Crippen LogP contribution in [0.25, 0.3) is 21.5 Å². The topological polar surface area (TPSA) is 31.4 Å².